The van der Waals surface area contributed by atoms with Gasteiger partial charge < -0.3 is 14.7 Å². The summed E-state index contributed by atoms with van der Waals surface area (Å²) in [5.74, 6) is 0.0252. The molecule has 0 radical (unpaired) electrons. The molecule has 1 aromatic heterocycles. The van der Waals surface area contributed by atoms with Crippen LogP contribution in [0.4, 0.5) is 0 Å². The Morgan fingerprint density at radius 1 is 1.26 bits per heavy atom. The lowest BCUT2D eigenvalue weighted by Gasteiger charge is -2.35. The van der Waals surface area contributed by atoms with E-state index in [1.165, 1.54) is 11.3 Å². The maximum Gasteiger partial charge on any atom is 0.303 e. The third-order valence-electron chi connectivity index (χ3n) is 5.11. The van der Waals surface area contributed by atoms with Gasteiger partial charge in [-0.05, 0) is 61.9 Å². The van der Waals surface area contributed by atoms with Gasteiger partial charge >= 0.3 is 5.97 Å². The second-order valence-corrected chi connectivity index (χ2v) is 8.15. The van der Waals surface area contributed by atoms with Crippen molar-refractivity contribution >= 4 is 23.2 Å². The van der Waals surface area contributed by atoms with Gasteiger partial charge in [-0.3, -0.25) is 9.59 Å². The minimum atomic E-state index is -0.804. The lowest BCUT2D eigenvalue weighted by atomic mass is 9.97. The Morgan fingerprint density at radius 2 is 2.00 bits per heavy atom. The molecular formula is C21H25NO4S. The first kappa shape index (κ1) is 19.4. The molecule has 1 N–H and O–H groups in total. The number of methoxy groups -OCH3 is 1. The van der Waals surface area contributed by atoms with Gasteiger partial charge in [-0.1, -0.05) is 12.1 Å². The molecule has 1 saturated heterocycles. The highest BCUT2D eigenvalue weighted by molar-refractivity contribution is 7.14. The maximum absolute atomic E-state index is 13.1. The largest absolute Gasteiger partial charge is 0.497 e. The van der Waals surface area contributed by atoms with Gasteiger partial charge in [0.05, 0.1) is 12.0 Å². The maximum atomic E-state index is 13.1. The van der Waals surface area contributed by atoms with E-state index in [1.54, 1.807) is 7.11 Å². The van der Waals surface area contributed by atoms with E-state index < -0.39 is 5.97 Å². The molecule has 1 fully saturated rings. The molecule has 0 spiro atoms. The Bertz CT molecular complexity index is 812. The average molecular weight is 388 g/mol. The zero-order valence-corrected chi connectivity index (χ0v) is 16.6. The first-order valence-electron chi connectivity index (χ1n) is 9.27. The third-order valence-corrected chi connectivity index (χ3v) is 6.15. The Kier molecular flexibility index (Phi) is 6.16. The molecule has 5 nitrogen and oxygen atoms in total. The molecule has 0 bridgehead atoms. The van der Waals surface area contributed by atoms with E-state index in [0.29, 0.717) is 13.0 Å². The summed E-state index contributed by atoms with van der Waals surface area (Å²) in [4.78, 5) is 27.8. The van der Waals surface area contributed by atoms with Gasteiger partial charge in [0.15, 0.2) is 0 Å². The first-order chi connectivity index (χ1) is 13.0. The molecule has 2 heterocycles. The monoisotopic (exact) mass is 387 g/mol. The lowest BCUT2D eigenvalue weighted by molar-refractivity contribution is -0.137. The van der Waals surface area contributed by atoms with E-state index in [2.05, 4.69) is 0 Å². The van der Waals surface area contributed by atoms with E-state index in [4.69, 9.17) is 9.84 Å². The number of thiophene rings is 1. The van der Waals surface area contributed by atoms with Crippen molar-refractivity contribution in [2.75, 3.05) is 13.7 Å². The fourth-order valence-electron chi connectivity index (χ4n) is 3.64. The zero-order valence-electron chi connectivity index (χ0n) is 15.7. The SMILES string of the molecule is COc1ccc(-c2cc(C(=O)N3CCCCC3CCC(=O)O)sc2C)cc1. The van der Waals surface area contributed by atoms with Gasteiger partial charge in [0.2, 0.25) is 0 Å². The number of ether oxygens (including phenoxy) is 1. The van der Waals surface area contributed by atoms with Gasteiger partial charge in [0.1, 0.15) is 5.75 Å². The standard InChI is InChI=1S/C21H25NO4S/c1-14-18(15-6-9-17(26-2)10-7-15)13-19(27-14)21(25)22-12-4-3-5-16(22)8-11-20(23)24/h6-7,9-10,13,16H,3-5,8,11-12H2,1-2H3,(H,23,24). The van der Waals surface area contributed by atoms with Gasteiger partial charge in [-0.15, -0.1) is 11.3 Å². The molecule has 144 valence electrons. The van der Waals surface area contributed by atoms with Gasteiger partial charge in [-0.25, -0.2) is 0 Å². The molecule has 1 unspecified atom stereocenters. The van der Waals surface area contributed by atoms with Crippen LogP contribution in [-0.4, -0.2) is 41.6 Å². The number of likely N-dealkylation sites (tertiary alicyclic amines) is 1. The molecule has 6 heteroatoms. The third kappa shape index (κ3) is 4.50. The van der Waals surface area contributed by atoms with Crippen LogP contribution in [0.5, 0.6) is 5.75 Å². The fraction of sp³-hybridized carbons (Fsp3) is 0.429. The van der Waals surface area contributed by atoms with Crippen LogP contribution in [-0.2, 0) is 4.79 Å². The Balaban J connectivity index is 1.80. The minimum Gasteiger partial charge on any atom is -0.497 e. The smallest absolute Gasteiger partial charge is 0.303 e. The number of aliphatic carboxylic acids is 1. The minimum absolute atomic E-state index is 0.0224. The van der Waals surface area contributed by atoms with Crippen molar-refractivity contribution < 1.29 is 19.4 Å². The van der Waals surface area contributed by atoms with Crippen molar-refractivity contribution in [3.05, 3.63) is 40.1 Å². The number of rotatable bonds is 6. The molecule has 0 saturated carbocycles. The summed E-state index contributed by atoms with van der Waals surface area (Å²) >= 11 is 1.51. The number of benzene rings is 1. The molecule has 2 aromatic rings. The van der Waals surface area contributed by atoms with E-state index in [1.807, 2.05) is 42.2 Å². The van der Waals surface area contributed by atoms with Crippen molar-refractivity contribution in [1.82, 2.24) is 4.90 Å². The highest BCUT2D eigenvalue weighted by Gasteiger charge is 2.29. The summed E-state index contributed by atoms with van der Waals surface area (Å²) in [5, 5.41) is 8.98. The number of piperidine rings is 1. The van der Waals surface area contributed by atoms with Crippen molar-refractivity contribution in [3.8, 4) is 16.9 Å². The molecule has 1 amide bonds. The number of amides is 1. The van der Waals surface area contributed by atoms with E-state index >= 15 is 0 Å². The quantitative estimate of drug-likeness (QED) is 0.787. The molecule has 3 rings (SSSR count). The lowest BCUT2D eigenvalue weighted by Crippen LogP contribution is -2.43. The molecule has 1 atom stereocenters. The van der Waals surface area contributed by atoms with Crippen molar-refractivity contribution in [1.29, 1.82) is 0 Å². The molecule has 1 aromatic carbocycles. The topological polar surface area (TPSA) is 66.8 Å². The van der Waals surface area contributed by atoms with Crippen LogP contribution in [0, 0.1) is 6.92 Å². The average Bonchev–Trinajstić information content (AvgIpc) is 3.07. The van der Waals surface area contributed by atoms with Crippen molar-refractivity contribution in [3.63, 3.8) is 0 Å². The summed E-state index contributed by atoms with van der Waals surface area (Å²) in [5.41, 5.74) is 2.12. The number of carboxylic acids is 1. The fourth-order valence-corrected chi connectivity index (χ4v) is 4.64. The number of aryl methyl sites for hydroxylation is 1. The van der Waals surface area contributed by atoms with Crippen molar-refractivity contribution in [2.45, 2.75) is 45.1 Å². The number of carboxylic acid groups (broad SMARTS) is 1. The molecular weight excluding hydrogens is 362 g/mol. The number of carbonyl (C=O) groups is 2. The zero-order chi connectivity index (χ0) is 19.4. The van der Waals surface area contributed by atoms with Gasteiger partial charge in [0, 0.05) is 23.9 Å². The van der Waals surface area contributed by atoms with Crippen LogP contribution in [0.1, 0.15) is 46.7 Å². The summed E-state index contributed by atoms with van der Waals surface area (Å²) < 4.78 is 5.21. The first-order valence-corrected chi connectivity index (χ1v) is 10.1. The van der Waals surface area contributed by atoms with Crippen LogP contribution >= 0.6 is 11.3 Å². The van der Waals surface area contributed by atoms with Crippen LogP contribution in [0.15, 0.2) is 30.3 Å². The summed E-state index contributed by atoms with van der Waals surface area (Å²) in [6.45, 7) is 2.73. The van der Waals surface area contributed by atoms with Gasteiger partial charge in [0.25, 0.3) is 5.91 Å². The highest BCUT2D eigenvalue weighted by atomic mass is 32.1. The van der Waals surface area contributed by atoms with E-state index in [-0.39, 0.29) is 18.4 Å². The summed E-state index contributed by atoms with van der Waals surface area (Å²) in [6, 6.07) is 9.82. The van der Waals surface area contributed by atoms with Crippen LogP contribution in [0.25, 0.3) is 11.1 Å². The molecule has 27 heavy (non-hydrogen) atoms. The molecule has 1 aliphatic rings. The second kappa shape index (κ2) is 8.57. The normalized spacial score (nSPS) is 17.0. The second-order valence-electron chi connectivity index (χ2n) is 6.89. The number of hydrogen-bond acceptors (Lipinski definition) is 4. The van der Waals surface area contributed by atoms with Crippen LogP contribution in [0.3, 0.4) is 0 Å². The van der Waals surface area contributed by atoms with E-state index in [9.17, 15) is 9.59 Å². The predicted molar refractivity (Wildman–Crippen MR) is 107 cm³/mol. The highest BCUT2D eigenvalue weighted by Crippen LogP contribution is 2.34. The Hall–Kier alpha value is -2.34. The Labute approximate surface area is 163 Å². The molecule has 0 aliphatic carbocycles. The number of nitrogens with zero attached hydrogens (tertiary/aromatic N) is 1. The van der Waals surface area contributed by atoms with Gasteiger partial charge in [-0.2, -0.15) is 0 Å². The van der Waals surface area contributed by atoms with Crippen LogP contribution in [0.2, 0.25) is 0 Å². The summed E-state index contributed by atoms with van der Waals surface area (Å²) in [7, 11) is 1.64. The van der Waals surface area contributed by atoms with Crippen LogP contribution < -0.4 is 4.74 Å². The number of carbonyl (C=O) groups excluding carboxylic acids is 1. The van der Waals surface area contributed by atoms with E-state index in [0.717, 1.165) is 45.9 Å². The molecule has 1 aliphatic heterocycles. The van der Waals surface area contributed by atoms with Crippen molar-refractivity contribution in [2.24, 2.45) is 0 Å². The Morgan fingerprint density at radius 3 is 2.67 bits per heavy atom. The number of hydrogen-bond donors (Lipinski definition) is 1. The summed E-state index contributed by atoms with van der Waals surface area (Å²) in [6.07, 6.45) is 3.54. The predicted octanol–water partition coefficient (Wildman–Crippen LogP) is 4.59.